The molecule has 0 spiro atoms. The lowest BCUT2D eigenvalue weighted by atomic mass is 9.82. The predicted molar refractivity (Wildman–Crippen MR) is 112 cm³/mol. The molecule has 1 heterocycles. The SMILES string of the molecule is C=CC1CC(C#N)(C#N)C(C=Cc2ccccc2)N1S(=O)(=O)c1ccc(C)cc1. The maximum atomic E-state index is 13.5. The Morgan fingerprint density at radius 2 is 1.72 bits per heavy atom. The molecule has 2 unspecified atom stereocenters. The fourth-order valence-corrected chi connectivity index (χ4v) is 5.36. The number of nitrogens with zero attached hydrogens (tertiary/aromatic N) is 3. The van der Waals surface area contributed by atoms with Crippen molar-refractivity contribution in [2.75, 3.05) is 0 Å². The molecule has 0 aromatic heterocycles. The zero-order chi connectivity index (χ0) is 21.1. The topological polar surface area (TPSA) is 85.0 Å². The Balaban J connectivity index is 2.14. The van der Waals surface area contributed by atoms with Crippen LogP contribution in [0.3, 0.4) is 0 Å². The monoisotopic (exact) mass is 403 g/mol. The van der Waals surface area contributed by atoms with Gasteiger partial charge in [-0.05, 0) is 24.6 Å². The van der Waals surface area contributed by atoms with Gasteiger partial charge in [0.2, 0.25) is 10.0 Å². The van der Waals surface area contributed by atoms with Gasteiger partial charge >= 0.3 is 0 Å². The lowest BCUT2D eigenvalue weighted by Crippen LogP contribution is -2.43. The highest BCUT2D eigenvalue weighted by molar-refractivity contribution is 7.89. The first-order valence-electron chi connectivity index (χ1n) is 9.16. The van der Waals surface area contributed by atoms with Crippen LogP contribution in [0, 0.1) is 35.0 Å². The first-order valence-corrected chi connectivity index (χ1v) is 10.6. The van der Waals surface area contributed by atoms with E-state index in [-0.39, 0.29) is 11.3 Å². The van der Waals surface area contributed by atoms with Crippen LogP contribution in [0.25, 0.3) is 6.08 Å². The molecule has 2 aromatic carbocycles. The van der Waals surface area contributed by atoms with Crippen LogP contribution in [-0.4, -0.2) is 24.8 Å². The molecule has 5 nitrogen and oxygen atoms in total. The Morgan fingerprint density at radius 3 is 2.28 bits per heavy atom. The number of aryl methyl sites for hydroxylation is 1. The first-order chi connectivity index (χ1) is 13.9. The molecule has 0 radical (unpaired) electrons. The summed E-state index contributed by atoms with van der Waals surface area (Å²) in [5.74, 6) is 0. The Bertz CT molecular complexity index is 1090. The maximum Gasteiger partial charge on any atom is 0.244 e. The molecule has 0 N–H and O–H groups in total. The number of benzene rings is 2. The number of nitriles is 2. The summed E-state index contributed by atoms with van der Waals surface area (Å²) in [4.78, 5) is 0.125. The average Bonchev–Trinajstić information content (AvgIpc) is 3.08. The van der Waals surface area contributed by atoms with Crippen LogP contribution in [0.4, 0.5) is 0 Å². The van der Waals surface area contributed by atoms with Crippen LogP contribution in [0.15, 0.2) is 78.2 Å². The third kappa shape index (κ3) is 3.73. The largest absolute Gasteiger partial charge is 0.244 e. The van der Waals surface area contributed by atoms with E-state index in [4.69, 9.17) is 0 Å². The molecule has 1 aliphatic rings. The van der Waals surface area contributed by atoms with Crippen LogP contribution < -0.4 is 0 Å². The van der Waals surface area contributed by atoms with E-state index in [1.165, 1.54) is 10.4 Å². The van der Waals surface area contributed by atoms with Gasteiger partial charge in [-0.2, -0.15) is 14.8 Å². The van der Waals surface area contributed by atoms with E-state index in [1.54, 1.807) is 36.4 Å². The molecule has 2 aromatic rings. The van der Waals surface area contributed by atoms with Crippen molar-refractivity contribution in [1.82, 2.24) is 4.31 Å². The number of rotatable bonds is 5. The smallest absolute Gasteiger partial charge is 0.207 e. The second-order valence-electron chi connectivity index (χ2n) is 7.06. The van der Waals surface area contributed by atoms with Crippen molar-refractivity contribution in [3.63, 3.8) is 0 Å². The minimum absolute atomic E-state index is 0.0678. The Labute approximate surface area is 171 Å². The van der Waals surface area contributed by atoms with Gasteiger partial charge in [-0.1, -0.05) is 66.3 Å². The molecule has 29 heavy (non-hydrogen) atoms. The molecule has 1 fully saturated rings. The van der Waals surface area contributed by atoms with Gasteiger partial charge in [0, 0.05) is 12.5 Å². The van der Waals surface area contributed by atoms with Crippen LogP contribution in [0.5, 0.6) is 0 Å². The van der Waals surface area contributed by atoms with Crippen LogP contribution in [0.1, 0.15) is 17.5 Å². The minimum Gasteiger partial charge on any atom is -0.207 e. The molecule has 3 rings (SSSR count). The molecule has 2 atom stereocenters. The summed E-state index contributed by atoms with van der Waals surface area (Å²) in [5.41, 5.74) is 0.295. The van der Waals surface area contributed by atoms with Gasteiger partial charge in [0.05, 0.1) is 23.1 Å². The van der Waals surface area contributed by atoms with Crippen molar-refractivity contribution in [1.29, 1.82) is 10.5 Å². The molecule has 146 valence electrons. The van der Waals surface area contributed by atoms with Crippen LogP contribution in [-0.2, 0) is 10.0 Å². The standard InChI is InChI=1S/C23H21N3O2S/c1-3-20-15-23(16-24,17-25)22(14-11-19-7-5-4-6-8-19)26(20)29(27,28)21-12-9-18(2)10-13-21/h3-14,20,22H,1,15H2,2H3. The lowest BCUT2D eigenvalue weighted by molar-refractivity contribution is 0.363. The average molecular weight is 404 g/mol. The second-order valence-corrected chi connectivity index (χ2v) is 8.91. The zero-order valence-corrected chi connectivity index (χ0v) is 16.9. The van der Waals surface area contributed by atoms with E-state index in [0.717, 1.165) is 11.1 Å². The van der Waals surface area contributed by atoms with Crippen molar-refractivity contribution in [2.45, 2.75) is 30.3 Å². The first kappa shape index (κ1) is 20.5. The van der Waals surface area contributed by atoms with Gasteiger partial charge in [0.15, 0.2) is 5.41 Å². The highest BCUT2D eigenvalue weighted by Crippen LogP contribution is 2.44. The van der Waals surface area contributed by atoms with Crippen molar-refractivity contribution in [3.05, 3.63) is 84.5 Å². The van der Waals surface area contributed by atoms with Crippen molar-refractivity contribution >= 4 is 16.1 Å². The quantitative estimate of drug-likeness (QED) is 0.705. The Kier molecular flexibility index (Phi) is 5.70. The molecule has 1 aliphatic heterocycles. The molecule has 0 saturated carbocycles. The second kappa shape index (κ2) is 8.05. The van der Waals surface area contributed by atoms with Crippen molar-refractivity contribution in [3.8, 4) is 12.1 Å². The molecular weight excluding hydrogens is 382 g/mol. The van der Waals surface area contributed by atoms with Gasteiger partial charge in [-0.15, -0.1) is 6.58 Å². The van der Waals surface area contributed by atoms with Crippen LogP contribution >= 0.6 is 0 Å². The highest BCUT2D eigenvalue weighted by Gasteiger charge is 2.56. The van der Waals surface area contributed by atoms with Gasteiger partial charge < -0.3 is 0 Å². The molecule has 0 aliphatic carbocycles. The predicted octanol–water partition coefficient (Wildman–Crippen LogP) is 4.06. The Hall–Kier alpha value is -3.19. The fraction of sp³-hybridized carbons (Fsp3) is 0.217. The third-order valence-electron chi connectivity index (χ3n) is 5.18. The van der Waals surface area contributed by atoms with E-state index < -0.39 is 27.5 Å². The van der Waals surface area contributed by atoms with E-state index in [0.29, 0.717) is 0 Å². The molecule has 0 amide bonds. The van der Waals surface area contributed by atoms with E-state index in [2.05, 4.69) is 18.7 Å². The highest BCUT2D eigenvalue weighted by atomic mass is 32.2. The minimum atomic E-state index is -3.95. The molecule has 6 heteroatoms. The van der Waals surface area contributed by atoms with E-state index in [9.17, 15) is 18.9 Å². The summed E-state index contributed by atoms with van der Waals surface area (Å²) in [6.45, 7) is 5.63. The van der Waals surface area contributed by atoms with E-state index >= 15 is 0 Å². The van der Waals surface area contributed by atoms with Gasteiger partial charge in [0.1, 0.15) is 0 Å². The number of sulfonamides is 1. The number of hydrogen-bond donors (Lipinski definition) is 0. The number of hydrogen-bond acceptors (Lipinski definition) is 4. The molecule has 1 saturated heterocycles. The summed E-state index contributed by atoms with van der Waals surface area (Å²) in [6.07, 6.45) is 4.94. The Morgan fingerprint density at radius 1 is 1.10 bits per heavy atom. The fourth-order valence-electron chi connectivity index (χ4n) is 3.58. The zero-order valence-electron chi connectivity index (χ0n) is 16.1. The van der Waals surface area contributed by atoms with Crippen LogP contribution in [0.2, 0.25) is 0 Å². The van der Waals surface area contributed by atoms with E-state index in [1.807, 2.05) is 37.3 Å². The lowest BCUT2D eigenvalue weighted by Gasteiger charge is -2.28. The summed E-state index contributed by atoms with van der Waals surface area (Å²) in [7, 11) is -3.95. The van der Waals surface area contributed by atoms with Gasteiger partial charge in [-0.3, -0.25) is 0 Å². The maximum absolute atomic E-state index is 13.5. The third-order valence-corrected chi connectivity index (χ3v) is 7.10. The van der Waals surface area contributed by atoms with Gasteiger partial charge in [0.25, 0.3) is 0 Å². The van der Waals surface area contributed by atoms with Crippen molar-refractivity contribution in [2.24, 2.45) is 5.41 Å². The van der Waals surface area contributed by atoms with Gasteiger partial charge in [-0.25, -0.2) is 8.42 Å². The summed E-state index contributed by atoms with van der Waals surface area (Å²) in [6, 6.07) is 18.4. The summed E-state index contributed by atoms with van der Waals surface area (Å²) < 4.78 is 28.2. The molecular formula is C23H21N3O2S. The summed E-state index contributed by atoms with van der Waals surface area (Å²) >= 11 is 0. The van der Waals surface area contributed by atoms with Crippen molar-refractivity contribution < 1.29 is 8.42 Å². The summed E-state index contributed by atoms with van der Waals surface area (Å²) in [5, 5.41) is 19.7. The molecule has 0 bridgehead atoms. The normalized spacial score (nSPS) is 21.5.